The van der Waals surface area contributed by atoms with Gasteiger partial charge in [0, 0.05) is 5.39 Å². The topological polar surface area (TPSA) is 90.4 Å². The van der Waals surface area contributed by atoms with E-state index < -0.39 is 11.5 Å². The Morgan fingerprint density at radius 3 is 2.48 bits per heavy atom. The van der Waals surface area contributed by atoms with E-state index in [-0.39, 0.29) is 12.2 Å². The number of fused-ring (bicyclic) bond motifs is 1. The summed E-state index contributed by atoms with van der Waals surface area (Å²) in [6.07, 6.45) is 0. The van der Waals surface area contributed by atoms with E-state index in [2.05, 4.69) is 21.0 Å². The highest BCUT2D eigenvalue weighted by Crippen LogP contribution is 2.37. The van der Waals surface area contributed by atoms with Gasteiger partial charge in [0.1, 0.15) is 11.5 Å². The second-order valence-corrected chi connectivity index (χ2v) is 8.16. The van der Waals surface area contributed by atoms with Crippen molar-refractivity contribution in [3.05, 3.63) is 51.6 Å². The Balaban J connectivity index is 2.15. The summed E-state index contributed by atoms with van der Waals surface area (Å²) in [5, 5.41) is 15.0. The lowest BCUT2D eigenvalue weighted by atomic mass is 10.1. The highest BCUT2D eigenvalue weighted by atomic mass is 79.9. The number of nitrogens with two attached hydrogens (primary N) is 1. The molecule has 0 aliphatic carbocycles. The fraction of sp³-hybridized carbons (Fsp3) is 0.300. The summed E-state index contributed by atoms with van der Waals surface area (Å²) in [5.41, 5.74) is 7.38. The average Bonchev–Trinajstić information content (AvgIpc) is 2.87. The van der Waals surface area contributed by atoms with Crippen LogP contribution in [0.25, 0.3) is 10.9 Å². The number of nitrogens with zero attached hydrogens (tertiary/aromatic N) is 2. The zero-order valence-electron chi connectivity index (χ0n) is 15.7. The van der Waals surface area contributed by atoms with Crippen LogP contribution in [0.4, 0.5) is 0 Å². The number of rotatable bonds is 5. The molecule has 3 aromatic rings. The van der Waals surface area contributed by atoms with E-state index in [1.165, 1.54) is 0 Å². The number of hydrogen-bond acceptors (Lipinski definition) is 4. The number of carbonyl (C=O) groups excluding carboxylic acids is 1. The molecule has 1 amide bonds. The maximum atomic E-state index is 11.9. The van der Waals surface area contributed by atoms with E-state index in [1.807, 2.05) is 38.1 Å². The fourth-order valence-corrected chi connectivity index (χ4v) is 3.40. The van der Waals surface area contributed by atoms with E-state index in [4.69, 9.17) is 10.5 Å². The number of carbonyl (C=O) groups is 1. The van der Waals surface area contributed by atoms with Crippen LogP contribution in [0.1, 0.15) is 35.5 Å². The SMILES string of the molecule is Cc1cccc(C)c1Oc1cc2c(C(N)=O)nn(CC(C)(C)O)c2cc1Br. The van der Waals surface area contributed by atoms with Crippen LogP contribution < -0.4 is 10.5 Å². The van der Waals surface area contributed by atoms with Crippen LogP contribution in [0, 0.1) is 13.8 Å². The average molecular weight is 432 g/mol. The smallest absolute Gasteiger partial charge is 0.269 e. The van der Waals surface area contributed by atoms with Gasteiger partial charge in [-0.2, -0.15) is 5.10 Å². The Labute approximate surface area is 166 Å². The number of para-hydroxylation sites is 1. The predicted molar refractivity (Wildman–Crippen MR) is 108 cm³/mol. The summed E-state index contributed by atoms with van der Waals surface area (Å²) < 4.78 is 8.44. The number of ether oxygens (including phenoxy) is 1. The Bertz CT molecular complexity index is 1010. The Hall–Kier alpha value is -2.38. The van der Waals surface area contributed by atoms with Crippen LogP contribution in [0.5, 0.6) is 11.5 Å². The number of aromatic nitrogens is 2. The third kappa shape index (κ3) is 3.99. The summed E-state index contributed by atoms with van der Waals surface area (Å²) in [6, 6.07) is 9.50. The summed E-state index contributed by atoms with van der Waals surface area (Å²) >= 11 is 3.54. The standard InChI is InChI=1S/C20H22BrN3O3/c1-11-6-5-7-12(2)18(11)27-16-8-13-15(9-14(16)21)24(10-20(3,4)26)23-17(13)19(22)25/h5-9,26H,10H2,1-4H3,(H2,22,25). The van der Waals surface area contributed by atoms with E-state index in [0.717, 1.165) is 16.9 Å². The van der Waals surface area contributed by atoms with Crippen molar-refractivity contribution in [2.75, 3.05) is 0 Å². The van der Waals surface area contributed by atoms with Crippen molar-refractivity contribution in [3.63, 3.8) is 0 Å². The van der Waals surface area contributed by atoms with E-state index in [0.29, 0.717) is 21.1 Å². The maximum absolute atomic E-state index is 11.9. The van der Waals surface area contributed by atoms with Gasteiger partial charge in [-0.05, 0) is 66.9 Å². The van der Waals surface area contributed by atoms with Gasteiger partial charge in [-0.15, -0.1) is 0 Å². The number of primary amides is 1. The van der Waals surface area contributed by atoms with Gasteiger partial charge in [0.15, 0.2) is 5.69 Å². The lowest BCUT2D eigenvalue weighted by Gasteiger charge is -2.18. The highest BCUT2D eigenvalue weighted by molar-refractivity contribution is 9.10. The molecule has 3 rings (SSSR count). The summed E-state index contributed by atoms with van der Waals surface area (Å²) in [4.78, 5) is 11.9. The first kappa shape index (κ1) is 19.4. The van der Waals surface area contributed by atoms with E-state index in [1.54, 1.807) is 24.6 Å². The van der Waals surface area contributed by atoms with Gasteiger partial charge in [-0.25, -0.2) is 0 Å². The monoisotopic (exact) mass is 431 g/mol. The van der Waals surface area contributed by atoms with Crippen LogP contribution in [0.2, 0.25) is 0 Å². The number of aryl methyl sites for hydroxylation is 2. The van der Waals surface area contributed by atoms with Gasteiger partial charge in [-0.1, -0.05) is 18.2 Å². The zero-order valence-corrected chi connectivity index (χ0v) is 17.3. The van der Waals surface area contributed by atoms with Crippen LogP contribution >= 0.6 is 15.9 Å². The molecule has 0 unspecified atom stereocenters. The Morgan fingerprint density at radius 2 is 1.93 bits per heavy atom. The molecule has 0 aliphatic rings. The minimum absolute atomic E-state index is 0.146. The molecule has 142 valence electrons. The molecule has 0 aliphatic heterocycles. The van der Waals surface area contributed by atoms with Crippen molar-refractivity contribution in [3.8, 4) is 11.5 Å². The van der Waals surface area contributed by atoms with Crippen molar-refractivity contribution in [1.29, 1.82) is 0 Å². The van der Waals surface area contributed by atoms with Gasteiger partial charge >= 0.3 is 0 Å². The number of aliphatic hydroxyl groups is 1. The molecule has 6 nitrogen and oxygen atoms in total. The van der Waals surface area contributed by atoms with Crippen molar-refractivity contribution < 1.29 is 14.6 Å². The van der Waals surface area contributed by atoms with Crippen LogP contribution in [0.3, 0.4) is 0 Å². The summed E-state index contributed by atoms with van der Waals surface area (Å²) in [6.45, 7) is 7.53. The maximum Gasteiger partial charge on any atom is 0.269 e. The molecule has 0 spiro atoms. The predicted octanol–water partition coefficient (Wildman–Crippen LogP) is 4.08. The molecule has 0 atom stereocenters. The molecule has 3 N–H and O–H groups in total. The third-order valence-electron chi connectivity index (χ3n) is 4.20. The number of amides is 1. The van der Waals surface area contributed by atoms with Crippen LogP contribution in [0.15, 0.2) is 34.8 Å². The second-order valence-electron chi connectivity index (χ2n) is 7.31. The van der Waals surface area contributed by atoms with Crippen molar-refractivity contribution in [2.45, 2.75) is 39.8 Å². The molecular weight excluding hydrogens is 410 g/mol. The Kier molecular flexibility index (Phi) is 5.01. The minimum Gasteiger partial charge on any atom is -0.456 e. The molecule has 0 saturated heterocycles. The highest BCUT2D eigenvalue weighted by Gasteiger charge is 2.22. The largest absolute Gasteiger partial charge is 0.456 e. The molecule has 0 radical (unpaired) electrons. The fourth-order valence-electron chi connectivity index (χ4n) is 2.99. The summed E-state index contributed by atoms with van der Waals surface area (Å²) in [5.74, 6) is 0.696. The first-order valence-corrected chi connectivity index (χ1v) is 9.32. The quantitative estimate of drug-likeness (QED) is 0.636. The van der Waals surface area contributed by atoms with E-state index >= 15 is 0 Å². The van der Waals surface area contributed by atoms with Gasteiger partial charge in [0.05, 0.1) is 22.1 Å². The lowest BCUT2D eigenvalue weighted by molar-refractivity contribution is 0.0588. The first-order valence-electron chi connectivity index (χ1n) is 8.53. The molecule has 0 bridgehead atoms. The van der Waals surface area contributed by atoms with Gasteiger partial charge in [-0.3, -0.25) is 9.48 Å². The molecule has 0 saturated carbocycles. The zero-order chi connectivity index (χ0) is 19.9. The van der Waals surface area contributed by atoms with Crippen molar-refractivity contribution >= 4 is 32.7 Å². The third-order valence-corrected chi connectivity index (χ3v) is 4.81. The molecule has 1 aromatic heterocycles. The number of benzene rings is 2. The molecule has 0 fully saturated rings. The molecule has 27 heavy (non-hydrogen) atoms. The van der Waals surface area contributed by atoms with Gasteiger partial charge in [0.2, 0.25) is 0 Å². The molecule has 1 heterocycles. The van der Waals surface area contributed by atoms with Crippen LogP contribution in [-0.4, -0.2) is 26.4 Å². The van der Waals surface area contributed by atoms with E-state index in [9.17, 15) is 9.90 Å². The van der Waals surface area contributed by atoms with Crippen molar-refractivity contribution in [1.82, 2.24) is 9.78 Å². The van der Waals surface area contributed by atoms with Crippen LogP contribution in [-0.2, 0) is 6.54 Å². The Morgan fingerprint density at radius 1 is 1.30 bits per heavy atom. The molecule has 7 heteroatoms. The normalized spacial score (nSPS) is 11.8. The number of halogens is 1. The van der Waals surface area contributed by atoms with Crippen molar-refractivity contribution in [2.24, 2.45) is 5.73 Å². The molecule has 2 aromatic carbocycles. The minimum atomic E-state index is -0.992. The molecular formula is C20H22BrN3O3. The lowest BCUT2D eigenvalue weighted by Crippen LogP contribution is -2.27. The first-order chi connectivity index (χ1) is 12.6. The summed E-state index contributed by atoms with van der Waals surface area (Å²) in [7, 11) is 0. The van der Waals surface area contributed by atoms with Gasteiger partial charge < -0.3 is 15.6 Å². The van der Waals surface area contributed by atoms with Gasteiger partial charge in [0.25, 0.3) is 5.91 Å². The number of hydrogen-bond donors (Lipinski definition) is 2. The second kappa shape index (κ2) is 6.98.